The molecule has 0 N–H and O–H groups in total. The molecule has 0 bridgehead atoms. The largest absolute Gasteiger partial charge is 0.373 e. The number of likely N-dealkylation sites (N-methyl/N-ethyl adjacent to an activating group) is 1. The van der Waals surface area contributed by atoms with E-state index in [4.69, 9.17) is 4.74 Å². The maximum atomic E-state index is 12.2. The lowest BCUT2D eigenvalue weighted by Crippen LogP contribution is -2.48. The zero-order valence-electron chi connectivity index (χ0n) is 14.2. The van der Waals surface area contributed by atoms with Gasteiger partial charge in [-0.3, -0.25) is 4.79 Å². The van der Waals surface area contributed by atoms with E-state index in [-0.39, 0.29) is 11.7 Å². The SMILES string of the molecule is Cc1ccnc(N2CCOC(CN(C)c3nccn(C)c3=O)C2)n1. The van der Waals surface area contributed by atoms with E-state index in [1.807, 2.05) is 24.9 Å². The van der Waals surface area contributed by atoms with Gasteiger partial charge in [-0.05, 0) is 13.0 Å². The summed E-state index contributed by atoms with van der Waals surface area (Å²) < 4.78 is 7.37. The second-order valence-corrected chi connectivity index (χ2v) is 5.98. The number of nitrogens with zero attached hydrogens (tertiary/aromatic N) is 6. The van der Waals surface area contributed by atoms with E-state index in [2.05, 4.69) is 19.9 Å². The normalized spacial score (nSPS) is 17.8. The summed E-state index contributed by atoms with van der Waals surface area (Å²) in [4.78, 5) is 29.1. The third kappa shape index (κ3) is 3.53. The molecule has 1 aliphatic rings. The summed E-state index contributed by atoms with van der Waals surface area (Å²) >= 11 is 0. The molecular weight excluding hydrogens is 308 g/mol. The first kappa shape index (κ1) is 16.4. The molecule has 0 amide bonds. The highest BCUT2D eigenvalue weighted by molar-refractivity contribution is 5.35. The van der Waals surface area contributed by atoms with Crippen molar-refractivity contribution in [1.29, 1.82) is 0 Å². The van der Waals surface area contributed by atoms with Gasteiger partial charge in [-0.25, -0.2) is 15.0 Å². The van der Waals surface area contributed by atoms with Crippen molar-refractivity contribution in [3.63, 3.8) is 0 Å². The molecule has 0 spiro atoms. The van der Waals surface area contributed by atoms with Gasteiger partial charge in [0.15, 0.2) is 5.82 Å². The minimum atomic E-state index is -0.116. The monoisotopic (exact) mass is 330 g/mol. The second kappa shape index (κ2) is 6.96. The fourth-order valence-electron chi connectivity index (χ4n) is 2.74. The minimum absolute atomic E-state index is 0.0421. The maximum Gasteiger partial charge on any atom is 0.293 e. The molecular formula is C16H22N6O2. The number of aryl methyl sites for hydroxylation is 2. The molecule has 3 heterocycles. The topological polar surface area (TPSA) is 76.4 Å². The Balaban J connectivity index is 1.69. The standard InChI is InChI=1S/C16H22N6O2/c1-12-4-5-18-16(19-12)22-8-9-24-13(11-22)10-21(3)14-15(23)20(2)7-6-17-14/h4-7,13H,8-11H2,1-3H3. The van der Waals surface area contributed by atoms with Crippen LogP contribution in [-0.2, 0) is 11.8 Å². The van der Waals surface area contributed by atoms with Crippen LogP contribution in [0.5, 0.6) is 0 Å². The Bertz CT molecular complexity index is 762. The molecule has 2 aromatic rings. The Morgan fingerprint density at radius 1 is 1.38 bits per heavy atom. The van der Waals surface area contributed by atoms with E-state index in [1.165, 1.54) is 4.57 Å². The Morgan fingerprint density at radius 2 is 2.21 bits per heavy atom. The predicted molar refractivity (Wildman–Crippen MR) is 91.5 cm³/mol. The van der Waals surface area contributed by atoms with Gasteiger partial charge in [0.2, 0.25) is 5.95 Å². The molecule has 1 fully saturated rings. The average molecular weight is 330 g/mol. The van der Waals surface area contributed by atoms with Crippen LogP contribution in [0.15, 0.2) is 29.5 Å². The molecule has 1 unspecified atom stereocenters. The van der Waals surface area contributed by atoms with Crippen LogP contribution in [0.25, 0.3) is 0 Å². The van der Waals surface area contributed by atoms with Crippen LogP contribution in [0.3, 0.4) is 0 Å². The fraction of sp³-hybridized carbons (Fsp3) is 0.500. The van der Waals surface area contributed by atoms with Crippen LogP contribution in [-0.4, -0.2) is 58.9 Å². The number of morpholine rings is 1. The van der Waals surface area contributed by atoms with E-state index in [0.29, 0.717) is 25.5 Å². The average Bonchev–Trinajstić information content (AvgIpc) is 2.57. The Morgan fingerprint density at radius 3 is 3.00 bits per heavy atom. The number of ether oxygens (including phenoxy) is 1. The van der Waals surface area contributed by atoms with Gasteiger partial charge in [0.05, 0.1) is 12.7 Å². The minimum Gasteiger partial charge on any atom is -0.373 e. The van der Waals surface area contributed by atoms with E-state index in [9.17, 15) is 4.79 Å². The Kier molecular flexibility index (Phi) is 4.75. The summed E-state index contributed by atoms with van der Waals surface area (Å²) in [6, 6.07) is 1.88. The molecule has 0 aliphatic carbocycles. The first-order valence-electron chi connectivity index (χ1n) is 7.93. The first-order valence-corrected chi connectivity index (χ1v) is 7.93. The molecule has 24 heavy (non-hydrogen) atoms. The lowest BCUT2D eigenvalue weighted by Gasteiger charge is -2.35. The lowest BCUT2D eigenvalue weighted by atomic mass is 10.2. The van der Waals surface area contributed by atoms with Crippen molar-refractivity contribution in [2.75, 3.05) is 43.1 Å². The van der Waals surface area contributed by atoms with Crippen molar-refractivity contribution in [3.05, 3.63) is 40.7 Å². The summed E-state index contributed by atoms with van der Waals surface area (Å²) in [5, 5.41) is 0. The van der Waals surface area contributed by atoms with Gasteiger partial charge in [0, 0.05) is 58.0 Å². The Labute approximate surface area is 140 Å². The van der Waals surface area contributed by atoms with E-state index in [0.717, 1.165) is 18.2 Å². The number of rotatable bonds is 4. The van der Waals surface area contributed by atoms with Crippen molar-refractivity contribution < 1.29 is 4.74 Å². The molecule has 3 rings (SSSR count). The third-order valence-corrected chi connectivity index (χ3v) is 4.04. The van der Waals surface area contributed by atoms with Gasteiger partial charge in [0.1, 0.15) is 0 Å². The van der Waals surface area contributed by atoms with Gasteiger partial charge < -0.3 is 19.1 Å². The van der Waals surface area contributed by atoms with Crippen molar-refractivity contribution in [1.82, 2.24) is 19.5 Å². The third-order valence-electron chi connectivity index (χ3n) is 4.04. The molecule has 0 radical (unpaired) electrons. The summed E-state index contributed by atoms with van der Waals surface area (Å²) in [5.74, 6) is 1.15. The van der Waals surface area contributed by atoms with E-state index >= 15 is 0 Å². The molecule has 1 saturated heterocycles. The van der Waals surface area contributed by atoms with Crippen LogP contribution in [0.4, 0.5) is 11.8 Å². The summed E-state index contributed by atoms with van der Waals surface area (Å²) in [6.07, 6.45) is 5.00. The summed E-state index contributed by atoms with van der Waals surface area (Å²) in [7, 11) is 3.57. The van der Waals surface area contributed by atoms with Crippen molar-refractivity contribution in [2.45, 2.75) is 13.0 Å². The summed E-state index contributed by atoms with van der Waals surface area (Å²) in [5.41, 5.74) is 0.826. The highest BCUT2D eigenvalue weighted by Crippen LogP contribution is 2.14. The molecule has 2 aromatic heterocycles. The molecule has 128 valence electrons. The highest BCUT2D eigenvalue weighted by Gasteiger charge is 2.24. The van der Waals surface area contributed by atoms with Gasteiger partial charge in [0.25, 0.3) is 5.56 Å². The molecule has 8 nitrogen and oxygen atoms in total. The van der Waals surface area contributed by atoms with Gasteiger partial charge >= 0.3 is 0 Å². The van der Waals surface area contributed by atoms with E-state index in [1.54, 1.807) is 25.6 Å². The van der Waals surface area contributed by atoms with Crippen LogP contribution in [0, 0.1) is 6.92 Å². The van der Waals surface area contributed by atoms with Crippen LogP contribution in [0.1, 0.15) is 5.69 Å². The number of hydrogen-bond acceptors (Lipinski definition) is 7. The fourth-order valence-corrected chi connectivity index (χ4v) is 2.74. The number of hydrogen-bond donors (Lipinski definition) is 0. The predicted octanol–water partition coefficient (Wildman–Crippen LogP) is 0.220. The highest BCUT2D eigenvalue weighted by atomic mass is 16.5. The first-order chi connectivity index (χ1) is 11.5. The van der Waals surface area contributed by atoms with Crippen LogP contribution in [0.2, 0.25) is 0 Å². The molecule has 8 heteroatoms. The maximum absolute atomic E-state index is 12.2. The number of anilines is 2. The van der Waals surface area contributed by atoms with Gasteiger partial charge in [-0.1, -0.05) is 0 Å². The van der Waals surface area contributed by atoms with Crippen molar-refractivity contribution >= 4 is 11.8 Å². The quantitative estimate of drug-likeness (QED) is 0.794. The molecule has 0 saturated carbocycles. The van der Waals surface area contributed by atoms with Crippen LogP contribution >= 0.6 is 0 Å². The smallest absolute Gasteiger partial charge is 0.293 e. The lowest BCUT2D eigenvalue weighted by molar-refractivity contribution is 0.0452. The number of aromatic nitrogens is 4. The van der Waals surface area contributed by atoms with Gasteiger partial charge in [-0.2, -0.15) is 0 Å². The molecule has 0 aromatic carbocycles. The Hall–Kier alpha value is -2.48. The summed E-state index contributed by atoms with van der Waals surface area (Å²) in [6.45, 7) is 4.58. The second-order valence-electron chi connectivity index (χ2n) is 5.98. The zero-order valence-corrected chi connectivity index (χ0v) is 14.2. The van der Waals surface area contributed by atoms with Crippen molar-refractivity contribution in [3.8, 4) is 0 Å². The van der Waals surface area contributed by atoms with E-state index < -0.39 is 0 Å². The van der Waals surface area contributed by atoms with Crippen molar-refractivity contribution in [2.24, 2.45) is 7.05 Å². The van der Waals surface area contributed by atoms with Crippen LogP contribution < -0.4 is 15.4 Å². The van der Waals surface area contributed by atoms with Gasteiger partial charge in [-0.15, -0.1) is 0 Å². The zero-order chi connectivity index (χ0) is 17.1. The molecule has 1 aliphatic heterocycles. The molecule has 1 atom stereocenters.